The Labute approximate surface area is 351 Å². The largest absolute Gasteiger partial charge is 0.304 e. The summed E-state index contributed by atoms with van der Waals surface area (Å²) < 4.78 is 2.21. The summed E-state index contributed by atoms with van der Waals surface area (Å²) in [5.74, 6) is 0.936. The Balaban J connectivity index is -0.000000208. The van der Waals surface area contributed by atoms with Crippen molar-refractivity contribution in [1.82, 2.24) is 9.55 Å². The summed E-state index contributed by atoms with van der Waals surface area (Å²) >= 11 is 3.53. The van der Waals surface area contributed by atoms with E-state index in [1.165, 1.54) is 47.1 Å². The zero-order valence-corrected chi connectivity index (χ0v) is 41.3. The lowest BCUT2D eigenvalue weighted by molar-refractivity contribution is 0.431. The fourth-order valence-corrected chi connectivity index (χ4v) is 3.91. The molecule has 1 aromatic heterocycles. The Morgan fingerprint density at radius 2 is 1.16 bits per heavy atom. The molecule has 0 fully saturated rings. The monoisotopic (exact) mass is 777 g/mol. The van der Waals surface area contributed by atoms with Gasteiger partial charge in [-0.2, -0.15) is 12.6 Å². The number of imidazole rings is 1. The number of thiol groups is 1. The Kier molecular flexibility index (Phi) is 52.2. The molecule has 0 unspecified atom stereocenters. The lowest BCUT2D eigenvalue weighted by Gasteiger charge is -2.22. The Morgan fingerprint density at radius 1 is 0.727 bits per heavy atom. The molecule has 0 aliphatic heterocycles. The van der Waals surface area contributed by atoms with E-state index in [2.05, 4.69) is 160 Å². The predicted molar refractivity (Wildman–Crippen MR) is 266 cm³/mol. The van der Waals surface area contributed by atoms with E-state index < -0.39 is 0 Å². The highest BCUT2D eigenvalue weighted by Gasteiger charge is 2.16. The first-order chi connectivity index (χ1) is 26.4. The van der Waals surface area contributed by atoms with Crippen molar-refractivity contribution < 1.29 is 0 Å². The van der Waals surface area contributed by atoms with Crippen molar-refractivity contribution in [2.45, 2.75) is 171 Å². The van der Waals surface area contributed by atoms with Crippen molar-refractivity contribution in [2.75, 3.05) is 6.26 Å². The van der Waals surface area contributed by atoms with Crippen LogP contribution in [0.1, 0.15) is 179 Å². The molecule has 55 heavy (non-hydrogen) atoms. The number of rotatable bonds is 11. The first kappa shape index (κ1) is 63.6. The molecule has 0 N–H and O–H groups in total. The van der Waals surface area contributed by atoms with Crippen LogP contribution in [0.5, 0.6) is 0 Å². The molecule has 316 valence electrons. The zero-order valence-electron chi connectivity index (χ0n) is 40.4. The van der Waals surface area contributed by atoms with Gasteiger partial charge in [0.1, 0.15) is 5.82 Å². The molecule has 2 aromatic carbocycles. The van der Waals surface area contributed by atoms with Crippen LogP contribution in [0.15, 0.2) is 103 Å². The van der Waals surface area contributed by atoms with Gasteiger partial charge in [0, 0.05) is 24.7 Å². The SMILES string of the molecule is C=C(C)C(C)(C)CC.C=C(Cc1ccccc1)c1nc(C/C(C)=C/C=C\C)c(C)n1/C=C(\C)c1ccccc1.CC.CC.CC.CC.CC.CCCC.CS. The molecule has 0 aliphatic carbocycles. The molecule has 3 aromatic rings. The molecule has 1 heterocycles. The van der Waals surface area contributed by atoms with E-state index in [1.54, 1.807) is 6.26 Å². The van der Waals surface area contributed by atoms with Gasteiger partial charge in [0.25, 0.3) is 0 Å². The molecule has 0 saturated heterocycles. The number of unbranched alkanes of at least 4 members (excludes halogenated alkanes) is 1. The van der Waals surface area contributed by atoms with E-state index in [0.717, 1.165) is 35.6 Å². The second-order valence-corrected chi connectivity index (χ2v) is 12.0. The van der Waals surface area contributed by atoms with Crippen LogP contribution in [-0.2, 0) is 12.8 Å². The van der Waals surface area contributed by atoms with Gasteiger partial charge in [-0.1, -0.05) is 220 Å². The second kappa shape index (κ2) is 45.1. The first-order valence-electron chi connectivity index (χ1n) is 21.3. The Morgan fingerprint density at radius 3 is 1.53 bits per heavy atom. The number of hydrogen-bond acceptors (Lipinski definition) is 2. The average molecular weight is 777 g/mol. The van der Waals surface area contributed by atoms with Crippen molar-refractivity contribution >= 4 is 30.0 Å². The minimum atomic E-state index is 0.347. The molecule has 3 rings (SSSR count). The van der Waals surface area contributed by atoms with E-state index in [-0.39, 0.29) is 0 Å². The molecule has 0 radical (unpaired) electrons. The van der Waals surface area contributed by atoms with Gasteiger partial charge >= 0.3 is 0 Å². The molecular formula is C52H92N2S. The highest BCUT2D eigenvalue weighted by atomic mass is 32.1. The van der Waals surface area contributed by atoms with Crippen molar-refractivity contribution in [1.29, 1.82) is 0 Å². The fourth-order valence-electron chi connectivity index (χ4n) is 3.91. The van der Waals surface area contributed by atoms with Gasteiger partial charge in [-0.05, 0) is 75.0 Å². The molecule has 0 aliphatic rings. The highest BCUT2D eigenvalue weighted by Crippen LogP contribution is 2.27. The summed E-state index contributed by atoms with van der Waals surface area (Å²) in [5, 5.41) is 0. The molecular weight excluding hydrogens is 685 g/mol. The average Bonchev–Trinajstić information content (AvgIpc) is 3.55. The number of nitrogens with zero attached hydrogens (tertiary/aromatic N) is 2. The van der Waals surface area contributed by atoms with Crippen molar-refractivity contribution in [3.05, 3.63) is 132 Å². The van der Waals surface area contributed by atoms with Gasteiger partial charge in [0.15, 0.2) is 0 Å². The normalized spacial score (nSPS) is 9.93. The second-order valence-electron chi connectivity index (χ2n) is 12.0. The van der Waals surface area contributed by atoms with Gasteiger partial charge < -0.3 is 4.57 Å². The summed E-state index contributed by atoms with van der Waals surface area (Å²) in [5.41, 5.74) is 9.84. The number of benzene rings is 2. The standard InChI is InChI=1S/C29H32N2.C8H16.C4H10.5C2H6.CH4S/c1-6-7-14-22(2)19-28-25(5)31(21-24(4)27-17-12-9-13-18-27)29(30-28)23(3)20-26-15-10-8-11-16-26;1-6-8(4,5)7(2)3;1-3-4-2;6*1-2/h6-18,21H,3,19-20H2,1-2,4-5H3;2,6H2,1,3-5H3;3-4H2,1-2H3;5*1-2H3;2H,1H3/b7-6-,22-14+,24-21+;;;;;;;;. The third-order valence-electron chi connectivity index (χ3n) is 7.94. The smallest absolute Gasteiger partial charge is 0.140 e. The van der Waals surface area contributed by atoms with Gasteiger partial charge in [0.2, 0.25) is 0 Å². The highest BCUT2D eigenvalue weighted by molar-refractivity contribution is 7.79. The molecule has 2 nitrogen and oxygen atoms in total. The molecule has 0 bridgehead atoms. The fraction of sp³-hybridized carbons (Fsp3) is 0.519. The first-order valence-corrected chi connectivity index (χ1v) is 22.2. The van der Waals surface area contributed by atoms with E-state index in [1.807, 2.05) is 94.4 Å². The maximum atomic E-state index is 5.05. The van der Waals surface area contributed by atoms with E-state index in [4.69, 9.17) is 4.98 Å². The maximum absolute atomic E-state index is 5.05. The topological polar surface area (TPSA) is 17.8 Å². The molecule has 0 amide bonds. The van der Waals surface area contributed by atoms with Crippen LogP contribution in [0.4, 0.5) is 0 Å². The predicted octanol–water partition coefficient (Wildman–Crippen LogP) is 18.0. The van der Waals surface area contributed by atoms with Crippen molar-refractivity contribution in [3.8, 4) is 0 Å². The third-order valence-corrected chi connectivity index (χ3v) is 7.94. The molecule has 0 spiro atoms. The van der Waals surface area contributed by atoms with E-state index >= 15 is 0 Å². The van der Waals surface area contributed by atoms with Gasteiger partial charge in [0.05, 0.1) is 5.69 Å². The summed E-state index contributed by atoms with van der Waals surface area (Å²) in [4.78, 5) is 5.05. The number of allylic oxidation sites excluding steroid dienone is 7. The van der Waals surface area contributed by atoms with E-state index in [0.29, 0.717) is 5.41 Å². The minimum absolute atomic E-state index is 0.347. The van der Waals surface area contributed by atoms with Gasteiger partial charge in [-0.25, -0.2) is 4.98 Å². The van der Waals surface area contributed by atoms with Crippen LogP contribution in [0.3, 0.4) is 0 Å². The van der Waals surface area contributed by atoms with Crippen LogP contribution < -0.4 is 0 Å². The van der Waals surface area contributed by atoms with Crippen molar-refractivity contribution in [3.63, 3.8) is 0 Å². The van der Waals surface area contributed by atoms with E-state index in [9.17, 15) is 0 Å². The summed E-state index contributed by atoms with van der Waals surface area (Å²) in [6.07, 6.45) is 15.6. The van der Waals surface area contributed by atoms with Crippen LogP contribution in [-0.4, -0.2) is 15.8 Å². The Hall–Kier alpha value is -3.30. The van der Waals surface area contributed by atoms with Gasteiger partial charge in [-0.3, -0.25) is 0 Å². The molecule has 0 atom stereocenters. The molecule has 3 heteroatoms. The molecule has 0 saturated carbocycles. The van der Waals surface area contributed by atoms with Crippen LogP contribution in [0.2, 0.25) is 0 Å². The number of hydrogen-bond donors (Lipinski definition) is 1. The van der Waals surface area contributed by atoms with Crippen molar-refractivity contribution in [2.24, 2.45) is 5.41 Å². The minimum Gasteiger partial charge on any atom is -0.304 e. The Bertz CT molecular complexity index is 1350. The number of aromatic nitrogens is 2. The lowest BCUT2D eigenvalue weighted by Crippen LogP contribution is -2.09. The zero-order chi connectivity index (χ0) is 44.4. The summed E-state index contributed by atoms with van der Waals surface area (Å²) in [6, 6.07) is 20.9. The maximum Gasteiger partial charge on any atom is 0.140 e. The van der Waals surface area contributed by atoms with Crippen LogP contribution in [0.25, 0.3) is 17.3 Å². The van der Waals surface area contributed by atoms with Gasteiger partial charge in [-0.15, -0.1) is 0 Å². The quantitative estimate of drug-likeness (QED) is 0.117. The third kappa shape index (κ3) is 30.6. The van der Waals surface area contributed by atoms with Crippen LogP contribution >= 0.6 is 12.6 Å². The summed E-state index contributed by atoms with van der Waals surface area (Å²) in [7, 11) is 0. The van der Waals surface area contributed by atoms with Crippen LogP contribution in [0, 0.1) is 12.3 Å². The summed E-state index contributed by atoms with van der Waals surface area (Å²) in [6.45, 7) is 49.9. The lowest BCUT2D eigenvalue weighted by atomic mass is 9.84.